The fourth-order valence-electron chi connectivity index (χ4n) is 3.38. The van der Waals surface area contributed by atoms with Gasteiger partial charge in [-0.15, -0.1) is 0 Å². The molecule has 2 rings (SSSR count). The molecule has 1 amide bonds. The first-order valence-corrected chi connectivity index (χ1v) is 9.49. The Morgan fingerprint density at radius 1 is 1.15 bits per heavy atom. The molecule has 1 fully saturated rings. The van der Waals surface area contributed by atoms with Crippen LogP contribution in [0.2, 0.25) is 0 Å². The van der Waals surface area contributed by atoms with Crippen LogP contribution in [-0.2, 0) is 16.1 Å². The number of nitrogens with zero attached hydrogens (tertiary/aromatic N) is 3. The Balaban J connectivity index is 1.81. The fourth-order valence-corrected chi connectivity index (χ4v) is 3.38. The predicted octanol–water partition coefficient (Wildman–Crippen LogP) is 1.98. The molecule has 0 aromatic heterocycles. The summed E-state index contributed by atoms with van der Waals surface area (Å²) in [6.45, 7) is 8.39. The molecule has 1 saturated heterocycles. The van der Waals surface area contributed by atoms with Crippen LogP contribution in [0.5, 0.6) is 0 Å². The molecular formula is C20H31N3O4. The molecule has 1 aromatic rings. The molecule has 0 aliphatic carbocycles. The van der Waals surface area contributed by atoms with E-state index >= 15 is 0 Å². The molecule has 7 nitrogen and oxygen atoms in total. The standard InChI is InChI=1S/C20H31N3O4/c1-16(2)18(19(24)27-15-17-7-5-4-6-8-17)21(3)9-10-22-11-13-23(14-12-22)20(25)26/h4-8,16,18H,9-15H2,1-3H3,(H,25,26)/t18-/m0/s1. The number of carboxylic acid groups (broad SMARTS) is 1. The number of likely N-dealkylation sites (N-methyl/N-ethyl adjacent to an activating group) is 1. The minimum absolute atomic E-state index is 0.141. The van der Waals surface area contributed by atoms with Crippen molar-refractivity contribution in [3.05, 3.63) is 35.9 Å². The Kier molecular flexibility index (Phi) is 8.06. The minimum Gasteiger partial charge on any atom is -0.465 e. The van der Waals surface area contributed by atoms with Gasteiger partial charge in [0.2, 0.25) is 0 Å². The summed E-state index contributed by atoms with van der Waals surface area (Å²) in [5, 5.41) is 9.02. The van der Waals surface area contributed by atoms with E-state index in [1.807, 2.05) is 56.1 Å². The highest BCUT2D eigenvalue weighted by Gasteiger charge is 2.29. The summed E-state index contributed by atoms with van der Waals surface area (Å²) in [7, 11) is 1.95. The smallest absolute Gasteiger partial charge is 0.407 e. The van der Waals surface area contributed by atoms with Gasteiger partial charge in [0.1, 0.15) is 12.6 Å². The normalized spacial score (nSPS) is 16.6. The number of hydrogen-bond acceptors (Lipinski definition) is 5. The number of rotatable bonds is 8. The van der Waals surface area contributed by atoms with Crippen molar-refractivity contribution < 1.29 is 19.4 Å². The fraction of sp³-hybridized carbons (Fsp3) is 0.600. The molecule has 7 heteroatoms. The largest absolute Gasteiger partial charge is 0.465 e. The van der Waals surface area contributed by atoms with Crippen LogP contribution >= 0.6 is 0 Å². The Morgan fingerprint density at radius 3 is 2.33 bits per heavy atom. The predicted molar refractivity (Wildman–Crippen MR) is 104 cm³/mol. The van der Waals surface area contributed by atoms with Crippen molar-refractivity contribution >= 4 is 12.1 Å². The maximum absolute atomic E-state index is 12.6. The summed E-state index contributed by atoms with van der Waals surface area (Å²) in [6, 6.07) is 9.38. The van der Waals surface area contributed by atoms with Crippen LogP contribution in [0.4, 0.5) is 4.79 Å². The van der Waals surface area contributed by atoms with Gasteiger partial charge in [0.15, 0.2) is 0 Å². The summed E-state index contributed by atoms with van der Waals surface area (Å²) >= 11 is 0. The first-order chi connectivity index (χ1) is 12.9. The lowest BCUT2D eigenvalue weighted by Crippen LogP contribution is -2.51. The number of carbonyl (C=O) groups excluding carboxylic acids is 1. The molecule has 0 saturated carbocycles. The summed E-state index contributed by atoms with van der Waals surface area (Å²) in [5.41, 5.74) is 0.979. The maximum atomic E-state index is 12.6. The van der Waals surface area contributed by atoms with Crippen molar-refractivity contribution in [2.24, 2.45) is 5.92 Å². The molecule has 150 valence electrons. The number of ether oxygens (including phenoxy) is 1. The van der Waals surface area contributed by atoms with Crippen LogP contribution in [0.15, 0.2) is 30.3 Å². The van der Waals surface area contributed by atoms with Gasteiger partial charge in [-0.1, -0.05) is 44.2 Å². The summed E-state index contributed by atoms with van der Waals surface area (Å²) < 4.78 is 5.54. The van der Waals surface area contributed by atoms with E-state index in [2.05, 4.69) is 4.90 Å². The molecule has 1 atom stereocenters. The van der Waals surface area contributed by atoms with Crippen LogP contribution in [0.25, 0.3) is 0 Å². The average molecular weight is 377 g/mol. The third-order valence-electron chi connectivity index (χ3n) is 4.98. The molecule has 27 heavy (non-hydrogen) atoms. The Bertz CT molecular complexity index is 601. The number of carbonyl (C=O) groups is 2. The SMILES string of the molecule is CC(C)[C@@H](C(=O)OCc1ccccc1)N(C)CCN1CCN(C(=O)O)CC1. The molecular weight excluding hydrogens is 346 g/mol. The molecule has 1 heterocycles. The number of esters is 1. The molecule has 0 bridgehead atoms. The van der Waals surface area contributed by atoms with E-state index in [4.69, 9.17) is 9.84 Å². The highest BCUT2D eigenvalue weighted by molar-refractivity contribution is 5.76. The van der Waals surface area contributed by atoms with Crippen LogP contribution < -0.4 is 0 Å². The molecule has 0 unspecified atom stereocenters. The quantitative estimate of drug-likeness (QED) is 0.699. The monoisotopic (exact) mass is 377 g/mol. The molecule has 1 aromatic carbocycles. The van der Waals surface area contributed by atoms with Gasteiger partial charge >= 0.3 is 12.1 Å². The van der Waals surface area contributed by atoms with Crippen molar-refractivity contribution in [3.8, 4) is 0 Å². The molecule has 1 aliphatic rings. The lowest BCUT2D eigenvalue weighted by molar-refractivity contribution is -0.152. The van der Waals surface area contributed by atoms with Gasteiger partial charge in [0.25, 0.3) is 0 Å². The first kappa shape index (κ1) is 21.2. The van der Waals surface area contributed by atoms with Crippen molar-refractivity contribution in [1.82, 2.24) is 14.7 Å². The van der Waals surface area contributed by atoms with Gasteiger partial charge in [0, 0.05) is 39.3 Å². The second-order valence-corrected chi connectivity index (χ2v) is 7.37. The topological polar surface area (TPSA) is 73.3 Å². The highest BCUT2D eigenvalue weighted by Crippen LogP contribution is 2.13. The van der Waals surface area contributed by atoms with E-state index in [0.29, 0.717) is 13.1 Å². The number of amides is 1. The molecule has 1 aliphatic heterocycles. The number of hydrogen-bond donors (Lipinski definition) is 1. The average Bonchev–Trinajstić information content (AvgIpc) is 2.65. The zero-order valence-electron chi connectivity index (χ0n) is 16.5. The van der Waals surface area contributed by atoms with Crippen LogP contribution in [-0.4, -0.2) is 84.2 Å². The van der Waals surface area contributed by atoms with E-state index in [9.17, 15) is 9.59 Å². The third kappa shape index (κ3) is 6.52. The van der Waals surface area contributed by atoms with E-state index in [1.54, 1.807) is 0 Å². The van der Waals surface area contributed by atoms with Gasteiger partial charge in [-0.05, 0) is 18.5 Å². The lowest BCUT2D eigenvalue weighted by Gasteiger charge is -2.35. The van der Waals surface area contributed by atoms with Crippen LogP contribution in [0.1, 0.15) is 19.4 Å². The second kappa shape index (κ2) is 10.3. The van der Waals surface area contributed by atoms with Gasteiger partial charge < -0.3 is 14.7 Å². The van der Waals surface area contributed by atoms with Crippen molar-refractivity contribution in [2.75, 3.05) is 46.3 Å². The maximum Gasteiger partial charge on any atom is 0.407 e. The zero-order chi connectivity index (χ0) is 19.8. The molecule has 1 N–H and O–H groups in total. The number of benzene rings is 1. The zero-order valence-corrected chi connectivity index (χ0v) is 16.5. The minimum atomic E-state index is -0.854. The van der Waals surface area contributed by atoms with Gasteiger partial charge in [0.05, 0.1) is 0 Å². The Labute approximate surface area is 161 Å². The number of piperazine rings is 1. The van der Waals surface area contributed by atoms with Gasteiger partial charge in [-0.3, -0.25) is 14.6 Å². The molecule has 0 radical (unpaired) electrons. The third-order valence-corrected chi connectivity index (χ3v) is 4.98. The summed E-state index contributed by atoms with van der Waals surface area (Å²) in [6.07, 6.45) is -0.854. The van der Waals surface area contributed by atoms with E-state index in [0.717, 1.165) is 31.7 Å². The van der Waals surface area contributed by atoms with E-state index in [1.165, 1.54) is 4.90 Å². The van der Waals surface area contributed by atoms with Crippen molar-refractivity contribution in [3.63, 3.8) is 0 Å². The van der Waals surface area contributed by atoms with Crippen LogP contribution in [0, 0.1) is 5.92 Å². The summed E-state index contributed by atoms with van der Waals surface area (Å²) in [5.74, 6) is -0.0609. The van der Waals surface area contributed by atoms with Gasteiger partial charge in [-0.25, -0.2) is 4.79 Å². The van der Waals surface area contributed by atoms with Crippen LogP contribution in [0.3, 0.4) is 0 Å². The highest BCUT2D eigenvalue weighted by atomic mass is 16.5. The van der Waals surface area contributed by atoms with Crippen molar-refractivity contribution in [1.29, 1.82) is 0 Å². The van der Waals surface area contributed by atoms with E-state index < -0.39 is 6.09 Å². The Hall–Kier alpha value is -2.12. The summed E-state index contributed by atoms with van der Waals surface area (Å²) in [4.78, 5) is 29.3. The van der Waals surface area contributed by atoms with Crippen molar-refractivity contribution in [2.45, 2.75) is 26.5 Å². The van der Waals surface area contributed by atoms with E-state index in [-0.39, 0.29) is 24.5 Å². The Morgan fingerprint density at radius 2 is 1.78 bits per heavy atom. The molecule has 0 spiro atoms. The van der Waals surface area contributed by atoms with Gasteiger partial charge in [-0.2, -0.15) is 0 Å². The second-order valence-electron chi connectivity index (χ2n) is 7.37. The lowest BCUT2D eigenvalue weighted by atomic mass is 10.0. The first-order valence-electron chi connectivity index (χ1n) is 9.49.